The van der Waals surface area contributed by atoms with Crippen LogP contribution < -0.4 is 5.32 Å². The van der Waals surface area contributed by atoms with E-state index >= 15 is 0 Å². The first-order valence-corrected chi connectivity index (χ1v) is 4.01. The summed E-state index contributed by atoms with van der Waals surface area (Å²) in [5, 5.41) is 3.03. The highest BCUT2D eigenvalue weighted by Crippen LogP contribution is 1.99. The second-order valence-electron chi connectivity index (χ2n) is 2.68. The molecule has 0 heterocycles. The van der Waals surface area contributed by atoms with Gasteiger partial charge in [0.25, 0.3) is 0 Å². The zero-order chi connectivity index (χ0) is 9.40. The minimum Gasteiger partial charge on any atom is -0.319 e. The first-order valence-electron chi connectivity index (χ1n) is 4.01. The third kappa shape index (κ3) is 5.86. The molecule has 0 amide bonds. The van der Waals surface area contributed by atoms with Gasteiger partial charge in [-0.05, 0) is 25.1 Å². The molecule has 0 aliphatic carbocycles. The van der Waals surface area contributed by atoms with E-state index in [-0.39, 0.29) is 5.83 Å². The van der Waals surface area contributed by atoms with E-state index in [4.69, 9.17) is 0 Å². The predicted octanol–water partition coefficient (Wildman–Crippen LogP) is 2.44. The third-order valence-electron chi connectivity index (χ3n) is 1.42. The molecule has 0 fully saturated rings. The van der Waals surface area contributed by atoms with Crippen molar-refractivity contribution in [3.63, 3.8) is 0 Å². The Kier molecular flexibility index (Phi) is 6.29. The van der Waals surface area contributed by atoms with Gasteiger partial charge in [-0.1, -0.05) is 25.7 Å². The molecule has 1 unspecified atom stereocenters. The van der Waals surface area contributed by atoms with Crippen molar-refractivity contribution in [1.82, 2.24) is 5.32 Å². The summed E-state index contributed by atoms with van der Waals surface area (Å²) in [5.41, 5.74) is 0. The van der Waals surface area contributed by atoms with Gasteiger partial charge in [0, 0.05) is 6.54 Å². The van der Waals surface area contributed by atoms with Crippen LogP contribution in [0.2, 0.25) is 0 Å². The summed E-state index contributed by atoms with van der Waals surface area (Å²) < 4.78 is 12.4. The van der Waals surface area contributed by atoms with Gasteiger partial charge in [-0.15, -0.1) is 0 Å². The van der Waals surface area contributed by atoms with E-state index in [1.54, 1.807) is 6.08 Å². The summed E-state index contributed by atoms with van der Waals surface area (Å²) in [5.74, 6) is 0.117. The molecule has 0 radical (unpaired) electrons. The summed E-state index contributed by atoms with van der Waals surface area (Å²) >= 11 is 0. The van der Waals surface area contributed by atoms with Crippen molar-refractivity contribution in [1.29, 1.82) is 0 Å². The Bertz CT molecular complexity index is 182. The molecule has 12 heavy (non-hydrogen) atoms. The Morgan fingerprint density at radius 2 is 2.33 bits per heavy atom. The number of hydrogen-bond acceptors (Lipinski definition) is 1. The summed E-state index contributed by atoms with van der Waals surface area (Å²) in [6.07, 6.45) is 6.24. The van der Waals surface area contributed by atoms with E-state index in [9.17, 15) is 4.39 Å². The van der Waals surface area contributed by atoms with Crippen molar-refractivity contribution in [2.45, 2.75) is 6.92 Å². The maximum Gasteiger partial charge on any atom is 0.122 e. The third-order valence-corrected chi connectivity index (χ3v) is 1.42. The van der Waals surface area contributed by atoms with Gasteiger partial charge in [-0.25, -0.2) is 4.39 Å². The van der Waals surface area contributed by atoms with Gasteiger partial charge in [0.15, 0.2) is 0 Å². The van der Waals surface area contributed by atoms with E-state index < -0.39 is 0 Å². The molecule has 0 spiro atoms. The summed E-state index contributed by atoms with van der Waals surface area (Å²) in [6, 6.07) is 0. The summed E-state index contributed by atoms with van der Waals surface area (Å²) in [6.45, 7) is 6.27. The molecule has 0 saturated heterocycles. The summed E-state index contributed by atoms with van der Waals surface area (Å²) in [4.78, 5) is 0. The van der Waals surface area contributed by atoms with Crippen LogP contribution >= 0.6 is 0 Å². The van der Waals surface area contributed by atoms with Crippen LogP contribution in [0.15, 0.2) is 36.7 Å². The largest absolute Gasteiger partial charge is 0.319 e. The molecule has 0 aromatic heterocycles. The van der Waals surface area contributed by atoms with Gasteiger partial charge in [-0.2, -0.15) is 0 Å². The van der Waals surface area contributed by atoms with Crippen LogP contribution in [0.25, 0.3) is 0 Å². The molecule has 2 heteroatoms. The molecule has 0 aliphatic rings. The number of nitrogens with one attached hydrogen (secondary N) is 1. The second kappa shape index (κ2) is 6.80. The van der Waals surface area contributed by atoms with Gasteiger partial charge < -0.3 is 5.32 Å². The highest BCUT2D eigenvalue weighted by atomic mass is 19.1. The lowest BCUT2D eigenvalue weighted by molar-refractivity contribution is 0.648. The Morgan fingerprint density at radius 3 is 2.83 bits per heavy atom. The first-order chi connectivity index (χ1) is 5.70. The highest BCUT2D eigenvalue weighted by Gasteiger charge is 1.91. The number of halogens is 1. The molecular formula is C10H16FN. The van der Waals surface area contributed by atoms with Crippen molar-refractivity contribution >= 4 is 0 Å². The van der Waals surface area contributed by atoms with Crippen molar-refractivity contribution in [2.75, 3.05) is 13.6 Å². The minimum absolute atomic E-state index is 0.303. The first kappa shape index (κ1) is 11.1. The minimum atomic E-state index is -0.303. The lowest BCUT2D eigenvalue weighted by Crippen LogP contribution is -2.14. The van der Waals surface area contributed by atoms with Crippen LogP contribution in [-0.2, 0) is 0 Å². The van der Waals surface area contributed by atoms with E-state index in [1.807, 2.05) is 13.1 Å². The molecule has 1 nitrogen and oxygen atoms in total. The average Bonchev–Trinajstić information content (AvgIpc) is 2.04. The van der Waals surface area contributed by atoms with Gasteiger partial charge >= 0.3 is 0 Å². The standard InChI is InChI=1S/C10H16FN/c1-4-10(11)7-5-6-9(2)8-12-3/h4-7,9,12H,1,8H2,2-3H3/b6-5-,10-7+. The monoisotopic (exact) mass is 169 g/mol. The smallest absolute Gasteiger partial charge is 0.122 e. The number of hydrogen-bond donors (Lipinski definition) is 1. The maximum atomic E-state index is 12.4. The predicted molar refractivity (Wildman–Crippen MR) is 51.6 cm³/mol. The lowest BCUT2D eigenvalue weighted by atomic mass is 10.1. The molecule has 0 aliphatic heterocycles. The Labute approximate surface area is 73.7 Å². The Balaban J connectivity index is 3.81. The average molecular weight is 169 g/mol. The molecule has 1 N–H and O–H groups in total. The van der Waals surface area contributed by atoms with Gasteiger partial charge in [0.05, 0.1) is 0 Å². The van der Waals surface area contributed by atoms with Crippen LogP contribution in [0.1, 0.15) is 6.92 Å². The van der Waals surface area contributed by atoms with E-state index in [0.717, 1.165) is 6.54 Å². The highest BCUT2D eigenvalue weighted by molar-refractivity contribution is 5.15. The normalized spacial score (nSPS) is 15.1. The SMILES string of the molecule is C=C/C(F)=C\C=C/C(C)CNC. The molecule has 0 saturated carbocycles. The lowest BCUT2D eigenvalue weighted by Gasteiger charge is -2.02. The van der Waals surface area contributed by atoms with Crippen LogP contribution in [0.3, 0.4) is 0 Å². The van der Waals surface area contributed by atoms with Crippen molar-refractivity contribution in [2.24, 2.45) is 5.92 Å². The van der Waals surface area contributed by atoms with Crippen molar-refractivity contribution in [3.8, 4) is 0 Å². The summed E-state index contributed by atoms with van der Waals surface area (Å²) in [7, 11) is 1.89. The molecule has 0 rings (SSSR count). The fraction of sp³-hybridized carbons (Fsp3) is 0.400. The Hall–Kier alpha value is -0.890. The van der Waals surface area contributed by atoms with E-state index in [0.29, 0.717) is 5.92 Å². The molecular weight excluding hydrogens is 153 g/mol. The van der Waals surface area contributed by atoms with Crippen LogP contribution in [0.5, 0.6) is 0 Å². The van der Waals surface area contributed by atoms with Crippen molar-refractivity contribution < 1.29 is 4.39 Å². The van der Waals surface area contributed by atoms with E-state index in [1.165, 1.54) is 12.2 Å². The molecule has 1 atom stereocenters. The van der Waals surface area contributed by atoms with Gasteiger partial charge in [0.1, 0.15) is 5.83 Å². The molecule has 0 aromatic carbocycles. The van der Waals surface area contributed by atoms with E-state index in [2.05, 4.69) is 18.8 Å². The molecule has 0 bridgehead atoms. The van der Waals surface area contributed by atoms with Gasteiger partial charge in [-0.3, -0.25) is 0 Å². The molecule has 68 valence electrons. The quantitative estimate of drug-likeness (QED) is 0.623. The second-order valence-corrected chi connectivity index (χ2v) is 2.68. The van der Waals surface area contributed by atoms with Gasteiger partial charge in [0.2, 0.25) is 0 Å². The van der Waals surface area contributed by atoms with Crippen LogP contribution in [-0.4, -0.2) is 13.6 Å². The van der Waals surface area contributed by atoms with Crippen LogP contribution in [0, 0.1) is 5.92 Å². The number of allylic oxidation sites excluding steroid dienone is 4. The van der Waals surface area contributed by atoms with Crippen LogP contribution in [0.4, 0.5) is 4.39 Å². The zero-order valence-electron chi connectivity index (χ0n) is 7.68. The maximum absolute atomic E-state index is 12.4. The molecule has 0 aromatic rings. The fourth-order valence-electron chi connectivity index (χ4n) is 0.795. The van der Waals surface area contributed by atoms with Crippen molar-refractivity contribution in [3.05, 3.63) is 36.7 Å². The Morgan fingerprint density at radius 1 is 1.67 bits per heavy atom. The zero-order valence-corrected chi connectivity index (χ0v) is 7.68. The fourth-order valence-corrected chi connectivity index (χ4v) is 0.795. The topological polar surface area (TPSA) is 12.0 Å². The number of rotatable bonds is 5.